The van der Waals surface area contributed by atoms with Crippen molar-refractivity contribution in [3.63, 3.8) is 0 Å². The Labute approximate surface area is 165 Å². The quantitative estimate of drug-likeness (QED) is 0.415. The van der Waals surface area contributed by atoms with E-state index in [1.54, 1.807) is 4.90 Å². The van der Waals surface area contributed by atoms with Gasteiger partial charge in [-0.2, -0.15) is 0 Å². The first-order valence-corrected chi connectivity index (χ1v) is 12.8. The monoisotopic (exact) mass is 391 g/mol. The normalized spacial score (nSPS) is 21.0. The van der Waals surface area contributed by atoms with Gasteiger partial charge in [-0.25, -0.2) is 0 Å². The second-order valence-corrected chi connectivity index (χ2v) is 14.3. The van der Waals surface area contributed by atoms with Gasteiger partial charge >= 0.3 is 0 Å². The SMILES string of the molecule is CN1CCC(C)(c2ccc(NCCCO[Si](C)(C)C(C)(C)C)c(N)c2)C1=O. The lowest BCUT2D eigenvalue weighted by Gasteiger charge is -2.36. The van der Waals surface area contributed by atoms with Crippen LogP contribution in [0.15, 0.2) is 18.2 Å². The number of hydrogen-bond donors (Lipinski definition) is 2. The number of nitrogens with one attached hydrogen (secondary N) is 1. The average molecular weight is 392 g/mol. The summed E-state index contributed by atoms with van der Waals surface area (Å²) in [5.74, 6) is 0.172. The molecule has 0 radical (unpaired) electrons. The molecule has 1 amide bonds. The Bertz CT molecular complexity index is 684. The molecule has 1 heterocycles. The van der Waals surface area contributed by atoms with Gasteiger partial charge in [0.25, 0.3) is 0 Å². The smallest absolute Gasteiger partial charge is 0.232 e. The van der Waals surface area contributed by atoms with Gasteiger partial charge in [-0.3, -0.25) is 4.79 Å². The van der Waals surface area contributed by atoms with Crippen LogP contribution in [0, 0.1) is 0 Å². The van der Waals surface area contributed by atoms with E-state index in [0.717, 1.165) is 43.8 Å². The van der Waals surface area contributed by atoms with Gasteiger partial charge in [-0.05, 0) is 55.6 Å². The van der Waals surface area contributed by atoms with Gasteiger partial charge in [-0.1, -0.05) is 26.8 Å². The number of carbonyl (C=O) groups is 1. The maximum atomic E-state index is 12.5. The predicted octanol–water partition coefficient (Wildman–Crippen LogP) is 4.21. The van der Waals surface area contributed by atoms with Gasteiger partial charge < -0.3 is 20.4 Å². The predicted molar refractivity (Wildman–Crippen MR) is 117 cm³/mol. The van der Waals surface area contributed by atoms with Crippen LogP contribution in [0.2, 0.25) is 18.1 Å². The summed E-state index contributed by atoms with van der Waals surface area (Å²) in [7, 11) is 0.183. The molecule has 1 aromatic rings. The first-order chi connectivity index (χ1) is 12.4. The van der Waals surface area contributed by atoms with Gasteiger partial charge in [0.15, 0.2) is 8.32 Å². The Balaban J connectivity index is 1.89. The third-order valence-corrected chi connectivity index (χ3v) is 10.9. The van der Waals surface area contributed by atoms with Gasteiger partial charge in [0.05, 0.1) is 16.8 Å². The highest BCUT2D eigenvalue weighted by atomic mass is 28.4. The Morgan fingerprint density at radius 1 is 1.33 bits per heavy atom. The molecule has 1 saturated heterocycles. The summed E-state index contributed by atoms with van der Waals surface area (Å²) in [6.07, 6.45) is 1.77. The molecular formula is C21H37N3O2Si. The van der Waals surface area contributed by atoms with Crippen LogP contribution in [-0.4, -0.2) is 45.9 Å². The molecule has 5 nitrogen and oxygen atoms in total. The second kappa shape index (κ2) is 7.84. The molecule has 6 heteroatoms. The minimum absolute atomic E-state index is 0.172. The molecule has 0 saturated carbocycles. The molecular weight excluding hydrogens is 354 g/mol. The van der Waals surface area contributed by atoms with Crippen LogP contribution >= 0.6 is 0 Å². The number of nitrogens with two attached hydrogens (primary N) is 1. The largest absolute Gasteiger partial charge is 0.417 e. The molecule has 0 aliphatic carbocycles. The van der Waals surface area contributed by atoms with Crippen LogP contribution in [0.1, 0.15) is 46.1 Å². The zero-order valence-electron chi connectivity index (χ0n) is 18.1. The molecule has 27 heavy (non-hydrogen) atoms. The van der Waals surface area contributed by atoms with E-state index in [1.807, 2.05) is 32.2 Å². The minimum atomic E-state index is -1.68. The van der Waals surface area contributed by atoms with E-state index in [9.17, 15) is 4.79 Å². The summed E-state index contributed by atoms with van der Waals surface area (Å²) in [5, 5.41) is 3.64. The molecule has 0 bridgehead atoms. The summed E-state index contributed by atoms with van der Waals surface area (Å²) >= 11 is 0. The highest BCUT2D eigenvalue weighted by molar-refractivity contribution is 6.74. The minimum Gasteiger partial charge on any atom is -0.417 e. The molecule has 3 N–H and O–H groups in total. The van der Waals surface area contributed by atoms with E-state index in [-0.39, 0.29) is 10.9 Å². The summed E-state index contributed by atoms with van der Waals surface area (Å²) < 4.78 is 6.21. The molecule has 0 aromatic heterocycles. The lowest BCUT2D eigenvalue weighted by Crippen LogP contribution is -2.41. The Kier molecular flexibility index (Phi) is 6.32. The van der Waals surface area contributed by atoms with Gasteiger partial charge in [0.2, 0.25) is 5.91 Å². The van der Waals surface area contributed by atoms with Crippen molar-refractivity contribution in [3.8, 4) is 0 Å². The van der Waals surface area contributed by atoms with Crippen molar-refractivity contribution in [2.45, 2.75) is 64.1 Å². The topological polar surface area (TPSA) is 67.6 Å². The van der Waals surface area contributed by atoms with Crippen LogP contribution < -0.4 is 11.1 Å². The van der Waals surface area contributed by atoms with E-state index in [2.05, 4.69) is 39.2 Å². The fraction of sp³-hybridized carbons (Fsp3) is 0.667. The highest BCUT2D eigenvalue weighted by Crippen LogP contribution is 2.37. The fourth-order valence-electron chi connectivity index (χ4n) is 3.19. The summed E-state index contributed by atoms with van der Waals surface area (Å²) in [6.45, 7) is 15.7. The molecule has 1 aliphatic rings. The average Bonchev–Trinajstić information content (AvgIpc) is 2.83. The standard InChI is InChI=1S/C21H37N3O2Si/c1-20(2,3)27(6,7)26-14-8-12-23-18-10-9-16(15-17(18)22)21(4)11-13-24(5)19(21)25/h9-10,15,23H,8,11-14,22H2,1-7H3. The van der Waals surface area contributed by atoms with Crippen molar-refractivity contribution in [3.05, 3.63) is 23.8 Å². The zero-order chi connectivity index (χ0) is 20.5. The second-order valence-electron chi connectivity index (χ2n) is 9.50. The Morgan fingerprint density at radius 3 is 2.52 bits per heavy atom. The molecule has 152 valence electrons. The fourth-order valence-corrected chi connectivity index (χ4v) is 4.28. The number of nitrogen functional groups attached to an aromatic ring is 1. The van der Waals surface area contributed by atoms with Gasteiger partial charge in [-0.15, -0.1) is 0 Å². The van der Waals surface area contributed by atoms with Gasteiger partial charge in [0, 0.05) is 26.7 Å². The van der Waals surface area contributed by atoms with Crippen molar-refractivity contribution < 1.29 is 9.22 Å². The number of hydrogen-bond acceptors (Lipinski definition) is 4. The summed E-state index contributed by atoms with van der Waals surface area (Å²) in [6, 6.07) is 5.98. The third-order valence-electron chi connectivity index (χ3n) is 6.36. The number of amides is 1. The maximum absolute atomic E-state index is 12.5. The highest BCUT2D eigenvalue weighted by Gasteiger charge is 2.42. The number of likely N-dealkylation sites (N-methyl/N-ethyl adjacent to an activating group) is 1. The van der Waals surface area contributed by atoms with Crippen LogP contribution in [0.25, 0.3) is 0 Å². The van der Waals surface area contributed by atoms with Crippen LogP contribution in [0.3, 0.4) is 0 Å². The summed E-state index contributed by atoms with van der Waals surface area (Å²) in [4.78, 5) is 14.3. The van der Waals surface area contributed by atoms with Crippen LogP contribution in [0.5, 0.6) is 0 Å². The van der Waals surface area contributed by atoms with Crippen LogP contribution in [0.4, 0.5) is 11.4 Å². The van der Waals surface area contributed by atoms with E-state index in [0.29, 0.717) is 5.69 Å². The molecule has 1 atom stereocenters. The lowest BCUT2D eigenvalue weighted by atomic mass is 9.81. The van der Waals surface area contributed by atoms with E-state index >= 15 is 0 Å². The van der Waals surface area contributed by atoms with Crippen LogP contribution in [-0.2, 0) is 14.6 Å². The van der Waals surface area contributed by atoms with Crippen molar-refractivity contribution in [1.29, 1.82) is 0 Å². The van der Waals surface area contributed by atoms with E-state index in [1.165, 1.54) is 0 Å². The molecule has 2 rings (SSSR count). The third kappa shape index (κ3) is 4.66. The molecule has 1 aliphatic heterocycles. The first kappa shape index (κ1) is 21.8. The molecule has 1 fully saturated rings. The zero-order valence-corrected chi connectivity index (χ0v) is 19.1. The Morgan fingerprint density at radius 2 is 2.00 bits per heavy atom. The van der Waals surface area contributed by atoms with E-state index < -0.39 is 13.7 Å². The molecule has 0 spiro atoms. The van der Waals surface area contributed by atoms with Crippen molar-refractivity contribution in [2.24, 2.45) is 0 Å². The van der Waals surface area contributed by atoms with Crippen molar-refractivity contribution >= 4 is 25.6 Å². The summed E-state index contributed by atoms with van der Waals surface area (Å²) in [5.41, 5.74) is 8.42. The van der Waals surface area contributed by atoms with Crippen molar-refractivity contribution in [1.82, 2.24) is 4.90 Å². The Hall–Kier alpha value is -1.53. The molecule has 1 aromatic carbocycles. The first-order valence-electron chi connectivity index (χ1n) is 9.92. The van der Waals surface area contributed by atoms with E-state index in [4.69, 9.17) is 10.2 Å². The molecule has 1 unspecified atom stereocenters. The van der Waals surface area contributed by atoms with Gasteiger partial charge in [0.1, 0.15) is 0 Å². The number of carbonyl (C=O) groups excluding carboxylic acids is 1. The number of likely N-dealkylation sites (tertiary alicyclic amines) is 1. The number of anilines is 2. The number of rotatable bonds is 7. The maximum Gasteiger partial charge on any atom is 0.232 e. The lowest BCUT2D eigenvalue weighted by molar-refractivity contribution is -0.130. The number of nitrogens with zero attached hydrogens (tertiary/aromatic N) is 1. The number of benzene rings is 1. The van der Waals surface area contributed by atoms with Crippen molar-refractivity contribution in [2.75, 3.05) is 37.8 Å².